The van der Waals surface area contributed by atoms with Crippen LogP contribution in [0.3, 0.4) is 0 Å². The van der Waals surface area contributed by atoms with Gasteiger partial charge in [-0.3, -0.25) is 4.98 Å². The van der Waals surface area contributed by atoms with Crippen molar-refractivity contribution >= 4 is 28.2 Å². The molecule has 3 rings (SSSR count). The lowest BCUT2D eigenvalue weighted by Crippen LogP contribution is -2.49. The molecule has 0 radical (unpaired) electrons. The quantitative estimate of drug-likeness (QED) is 0.900. The Labute approximate surface area is 124 Å². The summed E-state index contributed by atoms with van der Waals surface area (Å²) in [6.45, 7) is 5.09. The molecule has 106 valence electrons. The van der Waals surface area contributed by atoms with Crippen molar-refractivity contribution in [3.05, 3.63) is 35.5 Å². The van der Waals surface area contributed by atoms with Gasteiger partial charge in [-0.1, -0.05) is 18.5 Å². The Hall–Kier alpha value is -1.32. The molecule has 1 saturated carbocycles. The lowest BCUT2D eigenvalue weighted by molar-refractivity contribution is 0.333. The fourth-order valence-corrected chi connectivity index (χ4v) is 2.94. The molecule has 4 heteroatoms. The number of anilines is 1. The van der Waals surface area contributed by atoms with Gasteiger partial charge in [-0.15, -0.1) is 0 Å². The number of nitrogens with one attached hydrogen (secondary N) is 1. The van der Waals surface area contributed by atoms with Crippen LogP contribution in [0.2, 0.25) is 5.02 Å². The number of nitrogens with zero attached hydrogens (tertiary/aromatic N) is 1. The first kappa shape index (κ1) is 13.7. The van der Waals surface area contributed by atoms with Crippen LogP contribution in [0.1, 0.15) is 26.7 Å². The first-order chi connectivity index (χ1) is 9.49. The molecule has 0 aliphatic heterocycles. The minimum absolute atomic E-state index is 0.120. The van der Waals surface area contributed by atoms with E-state index in [-0.39, 0.29) is 11.0 Å². The fraction of sp³-hybridized carbons (Fsp3) is 0.438. The van der Waals surface area contributed by atoms with Crippen LogP contribution in [0.25, 0.3) is 10.9 Å². The van der Waals surface area contributed by atoms with Gasteiger partial charge in [0.2, 0.25) is 0 Å². The Kier molecular flexibility index (Phi) is 3.14. The second kappa shape index (κ2) is 4.61. The van der Waals surface area contributed by atoms with Gasteiger partial charge in [-0.2, -0.15) is 0 Å². The van der Waals surface area contributed by atoms with Crippen LogP contribution in [0, 0.1) is 5.41 Å². The monoisotopic (exact) mass is 289 g/mol. The van der Waals surface area contributed by atoms with Crippen LogP contribution in [0.5, 0.6) is 0 Å². The highest BCUT2D eigenvalue weighted by Crippen LogP contribution is 2.54. The zero-order valence-electron chi connectivity index (χ0n) is 11.9. The molecule has 1 aliphatic rings. The second-order valence-electron chi connectivity index (χ2n) is 6.22. The molecule has 20 heavy (non-hydrogen) atoms. The van der Waals surface area contributed by atoms with Crippen molar-refractivity contribution in [2.45, 2.75) is 32.2 Å². The second-order valence-corrected chi connectivity index (χ2v) is 6.62. The smallest absolute Gasteiger partial charge is 0.0948 e. The van der Waals surface area contributed by atoms with Crippen molar-refractivity contribution in [3.63, 3.8) is 0 Å². The van der Waals surface area contributed by atoms with Crippen LogP contribution in [-0.2, 0) is 0 Å². The molecule has 0 saturated heterocycles. The molecule has 1 aromatic heterocycles. The minimum Gasteiger partial charge on any atom is -0.376 e. The van der Waals surface area contributed by atoms with Gasteiger partial charge >= 0.3 is 0 Å². The normalized spacial score (nSPS) is 19.6. The molecule has 1 unspecified atom stereocenters. The summed E-state index contributed by atoms with van der Waals surface area (Å²) in [5.74, 6) is 0. The van der Waals surface area contributed by atoms with Gasteiger partial charge in [-0.05, 0) is 49.4 Å². The number of aromatic nitrogens is 1. The Morgan fingerprint density at radius 2 is 2.15 bits per heavy atom. The molecular weight excluding hydrogens is 270 g/mol. The van der Waals surface area contributed by atoms with E-state index in [0.29, 0.717) is 6.54 Å². The summed E-state index contributed by atoms with van der Waals surface area (Å²) in [7, 11) is 0. The van der Waals surface area contributed by atoms with Crippen LogP contribution in [0.4, 0.5) is 5.69 Å². The van der Waals surface area contributed by atoms with E-state index in [4.69, 9.17) is 17.3 Å². The summed E-state index contributed by atoms with van der Waals surface area (Å²) < 4.78 is 0. The number of nitrogens with two attached hydrogens (primary N) is 1. The topological polar surface area (TPSA) is 50.9 Å². The van der Waals surface area contributed by atoms with E-state index in [9.17, 15) is 0 Å². The van der Waals surface area contributed by atoms with Gasteiger partial charge in [0.1, 0.15) is 0 Å². The van der Waals surface area contributed by atoms with Gasteiger partial charge in [0.05, 0.1) is 21.8 Å². The number of pyridine rings is 1. The molecule has 1 fully saturated rings. The van der Waals surface area contributed by atoms with Crippen molar-refractivity contribution in [3.8, 4) is 0 Å². The van der Waals surface area contributed by atoms with Crippen LogP contribution < -0.4 is 11.1 Å². The van der Waals surface area contributed by atoms with E-state index in [0.717, 1.165) is 21.6 Å². The van der Waals surface area contributed by atoms with Crippen LogP contribution >= 0.6 is 11.6 Å². The predicted molar refractivity (Wildman–Crippen MR) is 85.2 cm³/mol. The molecule has 2 aromatic rings. The van der Waals surface area contributed by atoms with E-state index in [2.05, 4.69) is 24.1 Å². The molecule has 3 nitrogen and oxygen atoms in total. The lowest BCUT2D eigenvalue weighted by Gasteiger charge is -2.37. The average Bonchev–Trinajstić information content (AvgIpc) is 3.22. The van der Waals surface area contributed by atoms with Gasteiger partial charge in [0, 0.05) is 18.1 Å². The van der Waals surface area contributed by atoms with E-state index in [1.54, 1.807) is 6.20 Å². The third kappa shape index (κ3) is 2.05. The first-order valence-corrected chi connectivity index (χ1v) is 7.38. The molecule has 0 spiro atoms. The van der Waals surface area contributed by atoms with Gasteiger partial charge in [0.15, 0.2) is 0 Å². The van der Waals surface area contributed by atoms with Crippen molar-refractivity contribution in [2.75, 3.05) is 11.9 Å². The largest absolute Gasteiger partial charge is 0.376 e. The van der Waals surface area contributed by atoms with E-state index >= 15 is 0 Å². The summed E-state index contributed by atoms with van der Waals surface area (Å²) >= 11 is 6.24. The molecule has 1 atom stereocenters. The average molecular weight is 290 g/mol. The minimum atomic E-state index is -0.120. The predicted octanol–water partition coefficient (Wildman–Crippen LogP) is 3.82. The number of rotatable bonds is 4. The number of halogens is 1. The molecule has 3 N–H and O–H groups in total. The maximum Gasteiger partial charge on any atom is 0.0948 e. The maximum absolute atomic E-state index is 6.24. The van der Waals surface area contributed by atoms with Gasteiger partial charge < -0.3 is 11.1 Å². The van der Waals surface area contributed by atoms with Crippen molar-refractivity contribution in [2.24, 2.45) is 11.1 Å². The van der Waals surface area contributed by atoms with Crippen LogP contribution in [0.15, 0.2) is 30.5 Å². The zero-order valence-corrected chi connectivity index (χ0v) is 12.7. The number of fused-ring (bicyclic) bond motifs is 1. The Bertz CT molecular complexity index is 651. The summed E-state index contributed by atoms with van der Waals surface area (Å²) in [5.41, 5.74) is 8.10. The third-order valence-corrected chi connectivity index (χ3v) is 5.20. The zero-order chi connectivity index (χ0) is 14.4. The Morgan fingerprint density at radius 3 is 2.80 bits per heavy atom. The highest BCUT2D eigenvalue weighted by molar-refractivity contribution is 6.35. The Morgan fingerprint density at radius 1 is 1.40 bits per heavy atom. The summed E-state index contributed by atoms with van der Waals surface area (Å²) in [5, 5.41) is 5.33. The van der Waals surface area contributed by atoms with E-state index < -0.39 is 0 Å². The summed E-state index contributed by atoms with van der Waals surface area (Å²) in [6.07, 6.45) is 4.22. The standard InChI is InChI=1S/C16H20ClN3/c1-15(7-8-15)16(2,10-18)20-13-6-5-12(17)11-4-3-9-19-14(11)13/h3-6,9,20H,7-8,10,18H2,1-2H3. The lowest BCUT2D eigenvalue weighted by atomic mass is 9.83. The molecule has 0 bridgehead atoms. The molecule has 1 aliphatic carbocycles. The summed E-state index contributed by atoms with van der Waals surface area (Å²) in [4.78, 5) is 4.48. The Balaban J connectivity index is 2.05. The third-order valence-electron chi connectivity index (χ3n) is 4.87. The van der Waals surface area contributed by atoms with E-state index in [1.807, 2.05) is 24.3 Å². The van der Waals surface area contributed by atoms with Crippen molar-refractivity contribution in [1.29, 1.82) is 0 Å². The number of hydrogen-bond acceptors (Lipinski definition) is 3. The molecule has 1 aromatic carbocycles. The van der Waals surface area contributed by atoms with Crippen molar-refractivity contribution in [1.82, 2.24) is 4.98 Å². The fourth-order valence-electron chi connectivity index (χ4n) is 2.72. The molecular formula is C16H20ClN3. The van der Waals surface area contributed by atoms with Gasteiger partial charge in [0.25, 0.3) is 0 Å². The van der Waals surface area contributed by atoms with Gasteiger partial charge in [-0.25, -0.2) is 0 Å². The molecule has 0 amide bonds. The van der Waals surface area contributed by atoms with Crippen LogP contribution in [-0.4, -0.2) is 17.1 Å². The van der Waals surface area contributed by atoms with Crippen molar-refractivity contribution < 1.29 is 0 Å². The van der Waals surface area contributed by atoms with E-state index in [1.165, 1.54) is 12.8 Å². The maximum atomic E-state index is 6.24. The number of hydrogen-bond donors (Lipinski definition) is 2. The molecule has 1 heterocycles. The highest BCUT2D eigenvalue weighted by atomic mass is 35.5. The SMILES string of the molecule is CC1(C(C)(CN)Nc2ccc(Cl)c3cccnc23)CC1. The first-order valence-electron chi connectivity index (χ1n) is 7.01. The summed E-state index contributed by atoms with van der Waals surface area (Å²) in [6, 6.07) is 7.81. The number of benzene rings is 1. The highest BCUT2D eigenvalue weighted by Gasteiger charge is 2.52.